The monoisotopic (exact) mass is 344 g/mol. The summed E-state index contributed by atoms with van der Waals surface area (Å²) in [4.78, 5) is 25.5. The smallest absolute Gasteiger partial charge is 0.271 e. The van der Waals surface area contributed by atoms with Crippen LogP contribution in [0.1, 0.15) is 20.4 Å². The van der Waals surface area contributed by atoms with E-state index in [1.807, 2.05) is 31.2 Å². The van der Waals surface area contributed by atoms with Crippen LogP contribution in [-0.2, 0) is 6.54 Å². The molecule has 5 nitrogen and oxygen atoms in total. The fourth-order valence-corrected chi connectivity index (χ4v) is 3.09. The number of aromatic nitrogens is 3. The predicted octanol–water partition coefficient (Wildman–Crippen LogP) is 3.49. The lowest BCUT2D eigenvalue weighted by Crippen LogP contribution is -2.23. The SMILES string of the molecule is Cc1sc(CNC(=O)c2cnccn2)nc1-c1ccc(Cl)cc1. The molecular formula is C16H13ClN4OS. The maximum Gasteiger partial charge on any atom is 0.271 e. The number of hydrogen-bond donors (Lipinski definition) is 1. The van der Waals surface area contributed by atoms with E-state index in [4.69, 9.17) is 11.6 Å². The summed E-state index contributed by atoms with van der Waals surface area (Å²) in [6, 6.07) is 7.55. The van der Waals surface area contributed by atoms with Gasteiger partial charge in [-0.1, -0.05) is 23.7 Å². The van der Waals surface area contributed by atoms with E-state index in [2.05, 4.69) is 20.3 Å². The molecule has 0 aliphatic carbocycles. The molecule has 0 saturated heterocycles. The molecule has 2 aromatic heterocycles. The van der Waals surface area contributed by atoms with Gasteiger partial charge in [0.25, 0.3) is 5.91 Å². The number of aryl methyl sites for hydroxylation is 1. The van der Waals surface area contributed by atoms with E-state index >= 15 is 0 Å². The zero-order valence-electron chi connectivity index (χ0n) is 12.3. The molecule has 3 aromatic rings. The van der Waals surface area contributed by atoms with Gasteiger partial charge in [-0.3, -0.25) is 9.78 Å². The minimum absolute atomic E-state index is 0.265. The summed E-state index contributed by atoms with van der Waals surface area (Å²) in [7, 11) is 0. The topological polar surface area (TPSA) is 67.8 Å². The first-order chi connectivity index (χ1) is 11.1. The molecule has 3 rings (SSSR count). The third kappa shape index (κ3) is 3.72. The van der Waals surface area contributed by atoms with Crippen molar-refractivity contribution >= 4 is 28.8 Å². The van der Waals surface area contributed by atoms with Crippen molar-refractivity contribution in [3.63, 3.8) is 0 Å². The molecule has 1 N–H and O–H groups in total. The second-order valence-electron chi connectivity index (χ2n) is 4.79. The van der Waals surface area contributed by atoms with Crippen molar-refractivity contribution in [2.75, 3.05) is 0 Å². The van der Waals surface area contributed by atoms with E-state index in [0.717, 1.165) is 21.1 Å². The Morgan fingerprint density at radius 2 is 2.04 bits per heavy atom. The van der Waals surface area contributed by atoms with Gasteiger partial charge in [0, 0.05) is 27.9 Å². The highest BCUT2D eigenvalue weighted by atomic mass is 35.5. The van der Waals surface area contributed by atoms with Crippen molar-refractivity contribution in [3.05, 3.63) is 63.5 Å². The first-order valence-electron chi connectivity index (χ1n) is 6.90. The van der Waals surface area contributed by atoms with Crippen molar-refractivity contribution in [1.29, 1.82) is 0 Å². The number of rotatable bonds is 4. The van der Waals surface area contributed by atoms with Crippen LogP contribution in [0.4, 0.5) is 0 Å². The van der Waals surface area contributed by atoms with Gasteiger partial charge in [0.1, 0.15) is 10.7 Å². The first-order valence-corrected chi connectivity index (χ1v) is 8.09. The lowest BCUT2D eigenvalue weighted by atomic mass is 10.1. The van der Waals surface area contributed by atoms with E-state index in [1.54, 1.807) is 11.3 Å². The van der Waals surface area contributed by atoms with E-state index in [-0.39, 0.29) is 5.91 Å². The fraction of sp³-hybridized carbons (Fsp3) is 0.125. The van der Waals surface area contributed by atoms with E-state index in [1.165, 1.54) is 18.6 Å². The van der Waals surface area contributed by atoms with E-state index < -0.39 is 0 Å². The summed E-state index contributed by atoms with van der Waals surface area (Å²) in [6.45, 7) is 2.37. The van der Waals surface area contributed by atoms with E-state index in [9.17, 15) is 4.79 Å². The molecule has 1 amide bonds. The van der Waals surface area contributed by atoms with Crippen molar-refractivity contribution in [1.82, 2.24) is 20.3 Å². The summed E-state index contributed by atoms with van der Waals surface area (Å²) in [5.74, 6) is -0.265. The van der Waals surface area contributed by atoms with Gasteiger partial charge in [0.2, 0.25) is 0 Å². The molecular weight excluding hydrogens is 332 g/mol. The zero-order chi connectivity index (χ0) is 16.2. The number of benzene rings is 1. The Morgan fingerprint density at radius 1 is 1.26 bits per heavy atom. The van der Waals surface area contributed by atoms with E-state index in [0.29, 0.717) is 17.3 Å². The normalized spacial score (nSPS) is 10.5. The molecule has 0 saturated carbocycles. The quantitative estimate of drug-likeness (QED) is 0.786. The summed E-state index contributed by atoms with van der Waals surface area (Å²) in [5, 5.41) is 4.33. The van der Waals surface area contributed by atoms with Crippen LogP contribution in [0.25, 0.3) is 11.3 Å². The molecule has 116 valence electrons. The molecule has 0 unspecified atom stereocenters. The average molecular weight is 345 g/mol. The van der Waals surface area contributed by atoms with Gasteiger partial charge in [-0.2, -0.15) is 0 Å². The highest BCUT2D eigenvalue weighted by Gasteiger charge is 2.12. The van der Waals surface area contributed by atoms with Gasteiger partial charge in [-0.15, -0.1) is 11.3 Å². The molecule has 0 atom stereocenters. The average Bonchev–Trinajstić information content (AvgIpc) is 2.95. The molecule has 0 fully saturated rings. The van der Waals surface area contributed by atoms with Crippen LogP contribution < -0.4 is 5.32 Å². The van der Waals surface area contributed by atoms with Crippen molar-refractivity contribution < 1.29 is 4.79 Å². The maximum atomic E-state index is 12.0. The second-order valence-corrected chi connectivity index (χ2v) is 6.52. The number of thiazole rings is 1. The number of hydrogen-bond acceptors (Lipinski definition) is 5. The van der Waals surface area contributed by atoms with Crippen LogP contribution in [0, 0.1) is 6.92 Å². The summed E-state index contributed by atoms with van der Waals surface area (Å²) >= 11 is 7.47. The van der Waals surface area contributed by atoms with Gasteiger partial charge < -0.3 is 5.32 Å². The first kappa shape index (κ1) is 15.6. The highest BCUT2D eigenvalue weighted by molar-refractivity contribution is 7.12. The van der Waals surface area contributed by atoms with Crippen LogP contribution in [0.3, 0.4) is 0 Å². The zero-order valence-corrected chi connectivity index (χ0v) is 13.9. The molecule has 0 spiro atoms. The van der Waals surface area contributed by atoms with Gasteiger partial charge in [0.15, 0.2) is 0 Å². The number of nitrogens with one attached hydrogen (secondary N) is 1. The molecule has 23 heavy (non-hydrogen) atoms. The van der Waals surface area contributed by atoms with Gasteiger partial charge in [-0.05, 0) is 19.1 Å². The molecule has 0 bridgehead atoms. The highest BCUT2D eigenvalue weighted by Crippen LogP contribution is 2.28. The fourth-order valence-electron chi connectivity index (χ4n) is 2.07. The van der Waals surface area contributed by atoms with Crippen LogP contribution in [-0.4, -0.2) is 20.9 Å². The van der Waals surface area contributed by atoms with Crippen LogP contribution in [0.2, 0.25) is 5.02 Å². The lowest BCUT2D eigenvalue weighted by molar-refractivity contribution is 0.0945. The minimum atomic E-state index is -0.265. The Morgan fingerprint density at radius 3 is 2.74 bits per heavy atom. The van der Waals surface area contributed by atoms with Crippen molar-refractivity contribution in [2.45, 2.75) is 13.5 Å². The van der Waals surface area contributed by atoms with Crippen LogP contribution >= 0.6 is 22.9 Å². The number of amides is 1. The van der Waals surface area contributed by atoms with Crippen molar-refractivity contribution in [2.24, 2.45) is 0 Å². The minimum Gasteiger partial charge on any atom is -0.344 e. The largest absolute Gasteiger partial charge is 0.344 e. The lowest BCUT2D eigenvalue weighted by Gasteiger charge is -2.01. The molecule has 2 heterocycles. The number of halogens is 1. The Labute approximate surface area is 142 Å². The standard InChI is InChI=1S/C16H13ClN4OS/c1-10-15(11-2-4-12(17)5-3-11)21-14(23-10)9-20-16(22)13-8-18-6-7-19-13/h2-8H,9H2,1H3,(H,20,22). The Bertz CT molecular complexity index is 818. The van der Waals surface area contributed by atoms with Gasteiger partial charge >= 0.3 is 0 Å². The van der Waals surface area contributed by atoms with Crippen molar-refractivity contribution in [3.8, 4) is 11.3 Å². The molecule has 0 aliphatic rings. The molecule has 0 aliphatic heterocycles. The van der Waals surface area contributed by atoms with Crippen LogP contribution in [0.15, 0.2) is 42.9 Å². The number of carbonyl (C=O) groups excluding carboxylic acids is 1. The third-order valence-electron chi connectivity index (χ3n) is 3.15. The molecule has 0 radical (unpaired) electrons. The second kappa shape index (κ2) is 6.85. The summed E-state index contributed by atoms with van der Waals surface area (Å²) < 4.78 is 0. The number of carbonyl (C=O) groups is 1. The molecule has 1 aromatic carbocycles. The van der Waals surface area contributed by atoms with Gasteiger partial charge in [-0.25, -0.2) is 9.97 Å². The Kier molecular flexibility index (Phi) is 4.64. The maximum absolute atomic E-state index is 12.0. The summed E-state index contributed by atoms with van der Waals surface area (Å²) in [5.41, 5.74) is 2.21. The molecule has 7 heteroatoms. The van der Waals surface area contributed by atoms with Crippen LogP contribution in [0.5, 0.6) is 0 Å². The predicted molar refractivity (Wildman–Crippen MR) is 90.5 cm³/mol. The Hall–Kier alpha value is -2.31. The summed E-state index contributed by atoms with van der Waals surface area (Å²) in [6.07, 6.45) is 4.45. The Balaban J connectivity index is 1.71. The third-order valence-corrected chi connectivity index (χ3v) is 4.38. The number of nitrogens with zero attached hydrogens (tertiary/aromatic N) is 3. The van der Waals surface area contributed by atoms with Gasteiger partial charge in [0.05, 0.1) is 18.4 Å².